The minimum Gasteiger partial charge on any atom is -0.492 e. The third-order valence-corrected chi connectivity index (χ3v) is 7.39. The summed E-state index contributed by atoms with van der Waals surface area (Å²) < 4.78 is 11.4. The predicted molar refractivity (Wildman–Crippen MR) is 126 cm³/mol. The van der Waals surface area contributed by atoms with Crippen LogP contribution in [0.2, 0.25) is 0 Å². The number of hydroxylamine groups is 1. The summed E-state index contributed by atoms with van der Waals surface area (Å²) >= 11 is 0. The van der Waals surface area contributed by atoms with E-state index in [0.717, 1.165) is 69.1 Å². The Morgan fingerprint density at radius 2 is 1.94 bits per heavy atom. The third-order valence-electron chi connectivity index (χ3n) is 7.39. The number of hydrogen-bond acceptors (Lipinski definition) is 6. The lowest BCUT2D eigenvalue weighted by Crippen LogP contribution is -2.39. The van der Waals surface area contributed by atoms with Crippen LogP contribution in [0, 0.1) is 5.41 Å². The highest BCUT2D eigenvalue weighted by molar-refractivity contribution is 6.00. The zero-order valence-electron chi connectivity index (χ0n) is 19.3. The van der Waals surface area contributed by atoms with Crippen molar-refractivity contribution in [2.75, 3.05) is 50.9 Å². The molecule has 8 nitrogen and oxygen atoms in total. The second kappa shape index (κ2) is 9.74. The molecule has 3 aliphatic rings. The highest BCUT2D eigenvalue weighted by Crippen LogP contribution is 2.45. The lowest BCUT2D eigenvalue weighted by atomic mass is 9.70. The average Bonchev–Trinajstić information content (AvgIpc) is 3.19. The summed E-state index contributed by atoms with van der Waals surface area (Å²) in [4.78, 5) is 29.7. The second-order valence-corrected chi connectivity index (χ2v) is 9.39. The molecular weight excluding hydrogens is 434 g/mol. The summed E-state index contributed by atoms with van der Waals surface area (Å²) in [5, 5.41) is 8.96. The number of amides is 2. The molecule has 2 aromatic carbocycles. The van der Waals surface area contributed by atoms with Gasteiger partial charge in [0.1, 0.15) is 12.4 Å². The molecular formula is C26H31N3O5. The Kier molecular flexibility index (Phi) is 6.54. The molecule has 1 unspecified atom stereocenters. The highest BCUT2D eigenvalue weighted by Gasteiger charge is 2.48. The van der Waals surface area contributed by atoms with Gasteiger partial charge >= 0.3 is 0 Å². The Bertz CT molecular complexity index is 1070. The van der Waals surface area contributed by atoms with Gasteiger partial charge in [0, 0.05) is 43.5 Å². The number of ether oxygens (including phenoxy) is 2. The van der Waals surface area contributed by atoms with E-state index in [2.05, 4.69) is 4.90 Å². The van der Waals surface area contributed by atoms with E-state index in [9.17, 15) is 9.59 Å². The van der Waals surface area contributed by atoms with Gasteiger partial charge in [-0.15, -0.1) is 0 Å². The molecule has 2 fully saturated rings. The molecule has 2 amide bonds. The van der Waals surface area contributed by atoms with E-state index in [1.54, 1.807) is 17.6 Å². The molecule has 2 aromatic rings. The molecule has 1 aliphatic carbocycles. The van der Waals surface area contributed by atoms with Crippen LogP contribution < -0.4 is 15.1 Å². The molecule has 2 heterocycles. The molecule has 2 aliphatic heterocycles. The number of carbonyl (C=O) groups excluding carboxylic acids is 2. The number of fused-ring (bicyclic) bond motifs is 1. The number of nitrogens with zero attached hydrogens (tertiary/aromatic N) is 2. The molecule has 2 N–H and O–H groups in total. The van der Waals surface area contributed by atoms with Crippen LogP contribution in [-0.4, -0.2) is 67.9 Å². The Labute approximate surface area is 199 Å². The molecule has 0 saturated carbocycles. The number of carbonyl (C=O) groups is 2. The zero-order chi connectivity index (χ0) is 23.5. The topological polar surface area (TPSA) is 91.3 Å². The smallest absolute Gasteiger partial charge is 0.274 e. The standard InChI is InChI=1S/C26H31N3O5/c30-24(27-32)20-5-4-19-6-7-26(18-21(19)16-20)8-9-29(25(26)31)22-2-1-3-23(17-22)34-15-12-28-10-13-33-14-11-28/h1-5,16-17,32H,6-15,18H2,(H,27,30). The van der Waals surface area contributed by atoms with E-state index in [1.165, 1.54) is 5.56 Å². The lowest BCUT2D eigenvalue weighted by Gasteiger charge is -2.33. The van der Waals surface area contributed by atoms with Crippen molar-refractivity contribution in [3.63, 3.8) is 0 Å². The van der Waals surface area contributed by atoms with Crippen molar-refractivity contribution in [1.29, 1.82) is 0 Å². The summed E-state index contributed by atoms with van der Waals surface area (Å²) in [6.07, 6.45) is 3.00. The maximum Gasteiger partial charge on any atom is 0.274 e. The van der Waals surface area contributed by atoms with Crippen LogP contribution in [-0.2, 0) is 22.4 Å². The zero-order valence-corrected chi connectivity index (χ0v) is 19.3. The van der Waals surface area contributed by atoms with Crippen LogP contribution in [0.1, 0.15) is 34.3 Å². The van der Waals surface area contributed by atoms with Crippen LogP contribution in [0.4, 0.5) is 5.69 Å². The van der Waals surface area contributed by atoms with Gasteiger partial charge < -0.3 is 14.4 Å². The number of anilines is 1. The number of benzene rings is 2. The molecule has 180 valence electrons. The summed E-state index contributed by atoms with van der Waals surface area (Å²) in [6, 6.07) is 13.2. The fraction of sp³-hybridized carbons (Fsp3) is 0.462. The van der Waals surface area contributed by atoms with Crippen molar-refractivity contribution >= 4 is 17.5 Å². The van der Waals surface area contributed by atoms with Crippen molar-refractivity contribution in [1.82, 2.24) is 10.4 Å². The number of hydrogen-bond donors (Lipinski definition) is 2. The first kappa shape index (κ1) is 22.8. The van der Waals surface area contributed by atoms with E-state index in [4.69, 9.17) is 14.7 Å². The van der Waals surface area contributed by atoms with Crippen molar-refractivity contribution in [3.8, 4) is 5.75 Å². The van der Waals surface area contributed by atoms with E-state index < -0.39 is 11.3 Å². The van der Waals surface area contributed by atoms with Crippen LogP contribution in [0.15, 0.2) is 42.5 Å². The molecule has 1 atom stereocenters. The van der Waals surface area contributed by atoms with Gasteiger partial charge in [-0.25, -0.2) is 5.48 Å². The molecule has 0 aromatic heterocycles. The number of aryl methyl sites for hydroxylation is 1. The monoisotopic (exact) mass is 465 g/mol. The van der Waals surface area contributed by atoms with Gasteiger partial charge in [0.15, 0.2) is 0 Å². The first-order chi connectivity index (χ1) is 16.6. The van der Waals surface area contributed by atoms with Crippen LogP contribution in [0.25, 0.3) is 0 Å². The van der Waals surface area contributed by atoms with Crippen LogP contribution in [0.3, 0.4) is 0 Å². The van der Waals surface area contributed by atoms with E-state index >= 15 is 0 Å². The Hall–Kier alpha value is -2.94. The van der Waals surface area contributed by atoms with Crippen LogP contribution in [0.5, 0.6) is 5.75 Å². The van der Waals surface area contributed by atoms with Gasteiger partial charge in [0.25, 0.3) is 5.91 Å². The summed E-state index contributed by atoms with van der Waals surface area (Å²) in [6.45, 7) is 5.54. The number of rotatable bonds is 6. The molecule has 0 bridgehead atoms. The normalized spacial score (nSPS) is 22.6. The minimum absolute atomic E-state index is 0.139. The van der Waals surface area contributed by atoms with Gasteiger partial charge in [0.2, 0.25) is 5.91 Å². The average molecular weight is 466 g/mol. The van der Waals surface area contributed by atoms with E-state index in [0.29, 0.717) is 25.1 Å². The Balaban J connectivity index is 1.26. The first-order valence-corrected chi connectivity index (χ1v) is 12.0. The highest BCUT2D eigenvalue weighted by atomic mass is 16.5. The lowest BCUT2D eigenvalue weighted by molar-refractivity contribution is -0.126. The fourth-order valence-electron chi connectivity index (χ4n) is 5.39. The quantitative estimate of drug-likeness (QED) is 0.503. The van der Waals surface area contributed by atoms with Crippen molar-refractivity contribution in [2.45, 2.75) is 25.7 Å². The van der Waals surface area contributed by atoms with Gasteiger partial charge in [-0.2, -0.15) is 0 Å². The van der Waals surface area contributed by atoms with E-state index in [-0.39, 0.29) is 5.91 Å². The largest absolute Gasteiger partial charge is 0.492 e. The van der Waals surface area contributed by atoms with Gasteiger partial charge in [-0.1, -0.05) is 12.1 Å². The Morgan fingerprint density at radius 1 is 1.09 bits per heavy atom. The molecule has 5 rings (SSSR count). The molecule has 34 heavy (non-hydrogen) atoms. The summed E-state index contributed by atoms with van der Waals surface area (Å²) in [7, 11) is 0. The maximum absolute atomic E-state index is 13.6. The SMILES string of the molecule is O=C(NO)c1ccc2c(c1)CC1(CC2)CCN(c2cccc(OCCN3CCOCC3)c2)C1=O. The summed E-state index contributed by atoms with van der Waals surface area (Å²) in [5.74, 6) is 0.376. The molecule has 1 spiro atoms. The van der Waals surface area contributed by atoms with Crippen molar-refractivity contribution in [2.24, 2.45) is 5.41 Å². The van der Waals surface area contributed by atoms with Crippen molar-refractivity contribution < 1.29 is 24.3 Å². The number of morpholine rings is 1. The predicted octanol–water partition coefficient (Wildman–Crippen LogP) is 2.43. The van der Waals surface area contributed by atoms with Gasteiger partial charge in [-0.3, -0.25) is 19.7 Å². The first-order valence-electron chi connectivity index (χ1n) is 12.0. The molecule has 0 radical (unpaired) electrons. The fourth-order valence-corrected chi connectivity index (χ4v) is 5.39. The summed E-state index contributed by atoms with van der Waals surface area (Å²) in [5.41, 5.74) is 4.70. The van der Waals surface area contributed by atoms with Crippen LogP contribution >= 0.6 is 0 Å². The van der Waals surface area contributed by atoms with Gasteiger partial charge in [0.05, 0.1) is 18.6 Å². The second-order valence-electron chi connectivity index (χ2n) is 9.39. The number of nitrogens with one attached hydrogen (secondary N) is 1. The third kappa shape index (κ3) is 4.53. The van der Waals surface area contributed by atoms with E-state index in [1.807, 2.05) is 35.2 Å². The Morgan fingerprint density at radius 3 is 2.76 bits per heavy atom. The minimum atomic E-state index is -0.535. The molecule has 8 heteroatoms. The molecule has 2 saturated heterocycles. The van der Waals surface area contributed by atoms with Gasteiger partial charge in [-0.05, 0) is 61.1 Å². The van der Waals surface area contributed by atoms with Crippen molar-refractivity contribution in [3.05, 3.63) is 59.2 Å². The maximum atomic E-state index is 13.6.